The van der Waals surface area contributed by atoms with Crippen molar-refractivity contribution in [2.45, 2.75) is 12.8 Å². The van der Waals surface area contributed by atoms with Gasteiger partial charge < -0.3 is 14.7 Å². The summed E-state index contributed by atoms with van der Waals surface area (Å²) in [5.74, 6) is -2.54. The van der Waals surface area contributed by atoms with Crippen LogP contribution in [0.25, 0.3) is 0 Å². The van der Waals surface area contributed by atoms with Crippen molar-refractivity contribution in [3.8, 4) is 5.75 Å². The lowest BCUT2D eigenvalue weighted by Crippen LogP contribution is -2.42. The maximum atomic E-state index is 13.7. The molecular weight excluding hydrogens is 265 g/mol. The molecule has 20 heavy (non-hydrogen) atoms. The van der Waals surface area contributed by atoms with E-state index in [-0.39, 0.29) is 18.1 Å². The lowest BCUT2D eigenvalue weighted by atomic mass is 9.97. The number of phenols is 1. The number of hydrogen-bond acceptors (Lipinski definition) is 4. The number of rotatable bonds is 2. The van der Waals surface area contributed by atoms with Crippen LogP contribution in [0.4, 0.5) is 4.39 Å². The SMILES string of the molecule is COC(=O)C1CCCN(C(=O)c2c(O)cccc2F)C1. The largest absolute Gasteiger partial charge is 0.507 e. The van der Waals surface area contributed by atoms with Gasteiger partial charge in [0.25, 0.3) is 5.91 Å². The van der Waals surface area contributed by atoms with Crippen molar-refractivity contribution < 1.29 is 23.8 Å². The lowest BCUT2D eigenvalue weighted by Gasteiger charge is -2.31. The van der Waals surface area contributed by atoms with Gasteiger partial charge in [-0.25, -0.2) is 4.39 Å². The van der Waals surface area contributed by atoms with E-state index in [4.69, 9.17) is 0 Å². The number of benzene rings is 1. The van der Waals surface area contributed by atoms with Crippen LogP contribution in [0.1, 0.15) is 23.2 Å². The van der Waals surface area contributed by atoms with Gasteiger partial charge in [-0.15, -0.1) is 0 Å². The van der Waals surface area contributed by atoms with E-state index >= 15 is 0 Å². The van der Waals surface area contributed by atoms with Crippen LogP contribution < -0.4 is 0 Å². The number of esters is 1. The Morgan fingerprint density at radius 3 is 2.85 bits per heavy atom. The molecule has 1 saturated heterocycles. The summed E-state index contributed by atoms with van der Waals surface area (Å²) in [5, 5.41) is 9.63. The highest BCUT2D eigenvalue weighted by atomic mass is 19.1. The van der Waals surface area contributed by atoms with Crippen molar-refractivity contribution in [3.05, 3.63) is 29.6 Å². The maximum Gasteiger partial charge on any atom is 0.310 e. The average Bonchev–Trinajstić information content (AvgIpc) is 2.46. The molecule has 1 N–H and O–H groups in total. The molecule has 0 saturated carbocycles. The molecule has 1 atom stereocenters. The molecule has 2 rings (SSSR count). The van der Waals surface area contributed by atoms with Crippen molar-refractivity contribution in [2.24, 2.45) is 5.92 Å². The first-order valence-electron chi connectivity index (χ1n) is 6.39. The van der Waals surface area contributed by atoms with E-state index in [1.165, 1.54) is 24.1 Å². The fraction of sp³-hybridized carbons (Fsp3) is 0.429. The van der Waals surface area contributed by atoms with Crippen LogP contribution in [0.3, 0.4) is 0 Å². The van der Waals surface area contributed by atoms with E-state index < -0.39 is 23.4 Å². The first-order chi connectivity index (χ1) is 9.54. The van der Waals surface area contributed by atoms with Crippen LogP contribution in [-0.4, -0.2) is 42.1 Å². The highest BCUT2D eigenvalue weighted by Crippen LogP contribution is 2.25. The Morgan fingerprint density at radius 1 is 1.45 bits per heavy atom. The van der Waals surface area contributed by atoms with Crippen molar-refractivity contribution in [3.63, 3.8) is 0 Å². The molecule has 0 aromatic heterocycles. The molecule has 1 amide bonds. The van der Waals surface area contributed by atoms with E-state index in [2.05, 4.69) is 4.74 Å². The quantitative estimate of drug-likeness (QED) is 0.835. The zero-order valence-electron chi connectivity index (χ0n) is 11.1. The van der Waals surface area contributed by atoms with Crippen molar-refractivity contribution in [1.82, 2.24) is 4.90 Å². The van der Waals surface area contributed by atoms with Gasteiger partial charge in [-0.1, -0.05) is 6.07 Å². The van der Waals surface area contributed by atoms with Gasteiger partial charge in [-0.05, 0) is 25.0 Å². The predicted octanol–water partition coefficient (Wildman–Crippen LogP) is 1.56. The Kier molecular flexibility index (Phi) is 4.22. The average molecular weight is 281 g/mol. The van der Waals surface area contributed by atoms with Gasteiger partial charge in [0.15, 0.2) is 0 Å². The minimum Gasteiger partial charge on any atom is -0.507 e. The number of carbonyl (C=O) groups is 2. The number of nitrogens with zero attached hydrogens (tertiary/aromatic N) is 1. The van der Waals surface area contributed by atoms with E-state index in [0.29, 0.717) is 19.4 Å². The fourth-order valence-electron chi connectivity index (χ4n) is 2.40. The number of piperidine rings is 1. The first-order valence-corrected chi connectivity index (χ1v) is 6.39. The number of amides is 1. The van der Waals surface area contributed by atoms with Gasteiger partial charge in [-0.3, -0.25) is 9.59 Å². The van der Waals surface area contributed by atoms with Gasteiger partial charge in [0, 0.05) is 13.1 Å². The monoisotopic (exact) mass is 281 g/mol. The van der Waals surface area contributed by atoms with Crippen LogP contribution in [0.5, 0.6) is 5.75 Å². The molecule has 0 aliphatic carbocycles. The molecule has 1 fully saturated rings. The number of carbonyl (C=O) groups excluding carboxylic acids is 2. The van der Waals surface area contributed by atoms with E-state index in [9.17, 15) is 19.1 Å². The van der Waals surface area contributed by atoms with Crippen LogP contribution in [0.15, 0.2) is 18.2 Å². The number of hydrogen-bond donors (Lipinski definition) is 1. The Balaban J connectivity index is 2.19. The van der Waals surface area contributed by atoms with E-state index in [0.717, 1.165) is 6.07 Å². The van der Waals surface area contributed by atoms with E-state index in [1.54, 1.807) is 0 Å². The summed E-state index contributed by atoms with van der Waals surface area (Å²) in [6, 6.07) is 3.71. The van der Waals surface area contributed by atoms with Gasteiger partial charge >= 0.3 is 5.97 Å². The highest BCUT2D eigenvalue weighted by molar-refractivity contribution is 5.97. The third-order valence-corrected chi connectivity index (χ3v) is 3.45. The molecule has 6 heteroatoms. The molecule has 0 spiro atoms. The molecule has 1 aliphatic rings. The minimum absolute atomic E-state index is 0.180. The van der Waals surface area contributed by atoms with Gasteiger partial charge in [-0.2, -0.15) is 0 Å². The number of aromatic hydroxyl groups is 1. The summed E-state index contributed by atoms with van der Waals surface area (Å²) in [6.45, 7) is 0.610. The van der Waals surface area contributed by atoms with Crippen LogP contribution >= 0.6 is 0 Å². The van der Waals surface area contributed by atoms with E-state index in [1.807, 2.05) is 0 Å². The third-order valence-electron chi connectivity index (χ3n) is 3.45. The van der Waals surface area contributed by atoms with Crippen molar-refractivity contribution in [2.75, 3.05) is 20.2 Å². The minimum atomic E-state index is -0.768. The summed E-state index contributed by atoms with van der Waals surface area (Å²) in [4.78, 5) is 25.2. The number of halogens is 1. The molecule has 1 heterocycles. The Hall–Kier alpha value is -2.11. The Bertz CT molecular complexity index is 512. The van der Waals surface area contributed by atoms with Crippen molar-refractivity contribution in [1.29, 1.82) is 0 Å². The smallest absolute Gasteiger partial charge is 0.310 e. The zero-order valence-corrected chi connectivity index (χ0v) is 11.1. The third kappa shape index (κ3) is 2.74. The summed E-state index contributed by atoms with van der Waals surface area (Å²) in [5.41, 5.74) is -0.349. The fourth-order valence-corrected chi connectivity index (χ4v) is 2.40. The molecule has 1 unspecified atom stereocenters. The number of ether oxygens (including phenoxy) is 1. The molecule has 5 nitrogen and oxygen atoms in total. The van der Waals surface area contributed by atoms with Crippen LogP contribution in [-0.2, 0) is 9.53 Å². The second kappa shape index (κ2) is 5.90. The van der Waals surface area contributed by atoms with Gasteiger partial charge in [0.05, 0.1) is 13.0 Å². The Morgan fingerprint density at radius 2 is 2.20 bits per heavy atom. The lowest BCUT2D eigenvalue weighted by molar-refractivity contribution is -0.146. The highest BCUT2D eigenvalue weighted by Gasteiger charge is 2.31. The molecule has 0 radical (unpaired) electrons. The second-order valence-corrected chi connectivity index (χ2v) is 4.75. The number of methoxy groups -OCH3 is 1. The molecule has 0 bridgehead atoms. The standard InChI is InChI=1S/C14H16FNO4/c1-20-14(19)9-4-3-7-16(8-9)13(18)12-10(15)5-2-6-11(12)17/h2,5-6,9,17H,3-4,7-8H2,1H3. The predicted molar refractivity (Wildman–Crippen MR) is 68.7 cm³/mol. The van der Waals surface area contributed by atoms with Crippen LogP contribution in [0, 0.1) is 11.7 Å². The van der Waals surface area contributed by atoms with Crippen LogP contribution in [0.2, 0.25) is 0 Å². The molecule has 1 aliphatic heterocycles. The summed E-state index contributed by atoms with van der Waals surface area (Å²) < 4.78 is 18.3. The van der Waals surface area contributed by atoms with Gasteiger partial charge in [0.2, 0.25) is 0 Å². The number of phenolic OH excluding ortho intramolecular Hbond substituents is 1. The molecular formula is C14H16FNO4. The molecule has 1 aromatic rings. The summed E-state index contributed by atoms with van der Waals surface area (Å²) >= 11 is 0. The topological polar surface area (TPSA) is 66.8 Å². The van der Waals surface area contributed by atoms with Crippen molar-refractivity contribution >= 4 is 11.9 Å². The molecule has 108 valence electrons. The normalized spacial score (nSPS) is 18.7. The maximum absolute atomic E-state index is 13.7. The molecule has 1 aromatic carbocycles. The van der Waals surface area contributed by atoms with Gasteiger partial charge in [0.1, 0.15) is 17.1 Å². The first kappa shape index (κ1) is 14.3. The summed E-state index contributed by atoms with van der Waals surface area (Å²) in [7, 11) is 1.30. The summed E-state index contributed by atoms with van der Waals surface area (Å²) in [6.07, 6.45) is 1.28. The zero-order chi connectivity index (χ0) is 14.7. The Labute approximate surface area is 116 Å². The second-order valence-electron chi connectivity index (χ2n) is 4.75. The number of likely N-dealkylation sites (tertiary alicyclic amines) is 1.